The lowest BCUT2D eigenvalue weighted by atomic mass is 10.2. The molecule has 27 heavy (non-hydrogen) atoms. The van der Waals surface area contributed by atoms with Crippen molar-refractivity contribution in [3.05, 3.63) is 47.8 Å². The summed E-state index contributed by atoms with van der Waals surface area (Å²) in [4.78, 5) is 24.2. The van der Waals surface area contributed by atoms with Gasteiger partial charge in [0.2, 0.25) is 10.0 Å². The molecule has 0 aliphatic carbocycles. The van der Waals surface area contributed by atoms with Crippen molar-refractivity contribution in [2.75, 3.05) is 25.5 Å². The van der Waals surface area contributed by atoms with Gasteiger partial charge < -0.3 is 14.6 Å². The molecule has 0 fully saturated rings. The molecule has 0 unspecified atom stereocenters. The first-order chi connectivity index (χ1) is 12.7. The monoisotopic (exact) mass is 393 g/mol. The van der Waals surface area contributed by atoms with E-state index in [1.54, 1.807) is 39.1 Å². The van der Waals surface area contributed by atoms with Gasteiger partial charge in [-0.05, 0) is 24.3 Å². The second-order valence-corrected chi connectivity index (χ2v) is 7.73. The number of nitrogens with zero attached hydrogens (tertiary/aromatic N) is 2. The van der Waals surface area contributed by atoms with Crippen LogP contribution >= 0.6 is 0 Å². The molecular weight excluding hydrogens is 370 g/mol. The number of anilines is 1. The number of aromatic nitrogens is 1. The van der Waals surface area contributed by atoms with Gasteiger partial charge in [-0.25, -0.2) is 13.2 Å². The van der Waals surface area contributed by atoms with Crippen LogP contribution in [0.1, 0.15) is 34.7 Å². The van der Waals surface area contributed by atoms with Gasteiger partial charge in [0, 0.05) is 32.0 Å². The van der Waals surface area contributed by atoms with E-state index in [4.69, 9.17) is 0 Å². The van der Waals surface area contributed by atoms with Crippen LogP contribution in [0.4, 0.5) is 5.69 Å². The SMILES string of the molecule is CCN(CC)S(=O)(=O)c1cc(C(=O)Nc2cccc(C(=O)OC)c2)n(C)c1. The van der Waals surface area contributed by atoms with E-state index < -0.39 is 21.9 Å². The Morgan fingerprint density at radius 2 is 1.85 bits per heavy atom. The molecule has 2 rings (SSSR count). The minimum Gasteiger partial charge on any atom is -0.465 e. The largest absolute Gasteiger partial charge is 0.465 e. The van der Waals surface area contributed by atoms with E-state index in [0.717, 1.165) is 0 Å². The number of rotatable bonds is 7. The Hall–Kier alpha value is -2.65. The zero-order valence-electron chi connectivity index (χ0n) is 15.7. The lowest BCUT2D eigenvalue weighted by molar-refractivity contribution is 0.0600. The number of carbonyl (C=O) groups excluding carboxylic acids is 2. The average molecular weight is 393 g/mol. The van der Waals surface area contributed by atoms with Gasteiger partial charge in [-0.15, -0.1) is 0 Å². The van der Waals surface area contributed by atoms with E-state index >= 15 is 0 Å². The molecule has 0 atom stereocenters. The number of esters is 1. The van der Waals surface area contributed by atoms with E-state index in [1.807, 2.05) is 0 Å². The number of carbonyl (C=O) groups is 2. The molecule has 9 heteroatoms. The van der Waals surface area contributed by atoms with Crippen LogP contribution < -0.4 is 5.32 Å². The summed E-state index contributed by atoms with van der Waals surface area (Å²) < 4.78 is 32.7. The number of ether oxygens (including phenoxy) is 1. The maximum Gasteiger partial charge on any atom is 0.337 e. The molecule has 2 aromatic rings. The zero-order chi connectivity index (χ0) is 20.2. The number of sulfonamides is 1. The third-order valence-electron chi connectivity index (χ3n) is 4.10. The van der Waals surface area contributed by atoms with Gasteiger partial charge in [-0.1, -0.05) is 19.9 Å². The minimum atomic E-state index is -3.66. The third-order valence-corrected chi connectivity index (χ3v) is 6.11. The molecule has 0 aliphatic heterocycles. The van der Waals surface area contributed by atoms with Gasteiger partial charge >= 0.3 is 5.97 Å². The molecule has 1 heterocycles. The first-order valence-electron chi connectivity index (χ1n) is 8.40. The summed E-state index contributed by atoms with van der Waals surface area (Å²) in [6.07, 6.45) is 1.41. The highest BCUT2D eigenvalue weighted by Gasteiger charge is 2.25. The fourth-order valence-corrected chi connectivity index (χ4v) is 4.18. The summed E-state index contributed by atoms with van der Waals surface area (Å²) in [5, 5.41) is 2.66. The number of nitrogens with one attached hydrogen (secondary N) is 1. The molecule has 0 saturated heterocycles. The highest BCUT2D eigenvalue weighted by atomic mass is 32.2. The molecule has 146 valence electrons. The molecular formula is C18H23N3O5S. The van der Waals surface area contributed by atoms with Crippen LogP contribution in [0.2, 0.25) is 0 Å². The Morgan fingerprint density at radius 1 is 1.19 bits per heavy atom. The molecule has 0 radical (unpaired) electrons. The first kappa shape index (κ1) is 20.7. The molecule has 1 aromatic carbocycles. The predicted molar refractivity (Wildman–Crippen MR) is 101 cm³/mol. The maximum absolute atomic E-state index is 12.6. The first-order valence-corrected chi connectivity index (χ1v) is 9.84. The summed E-state index contributed by atoms with van der Waals surface area (Å²) in [7, 11) is -0.788. The maximum atomic E-state index is 12.6. The van der Waals surface area contributed by atoms with E-state index in [2.05, 4.69) is 10.1 Å². The number of aryl methyl sites for hydroxylation is 1. The smallest absolute Gasteiger partial charge is 0.337 e. The molecule has 0 bridgehead atoms. The van der Waals surface area contributed by atoms with Crippen molar-refractivity contribution in [3.63, 3.8) is 0 Å². The van der Waals surface area contributed by atoms with Crippen molar-refractivity contribution in [3.8, 4) is 0 Å². The van der Waals surface area contributed by atoms with Crippen LogP contribution in [0.25, 0.3) is 0 Å². The van der Waals surface area contributed by atoms with Crippen LogP contribution in [0.15, 0.2) is 41.4 Å². The number of methoxy groups -OCH3 is 1. The topological polar surface area (TPSA) is 97.7 Å². The molecule has 0 aliphatic rings. The van der Waals surface area contributed by atoms with Crippen molar-refractivity contribution in [1.82, 2.24) is 8.87 Å². The van der Waals surface area contributed by atoms with Gasteiger partial charge in [0.25, 0.3) is 5.91 Å². The second-order valence-electron chi connectivity index (χ2n) is 5.79. The Balaban J connectivity index is 2.28. The fraction of sp³-hybridized carbons (Fsp3) is 0.333. The summed E-state index contributed by atoms with van der Waals surface area (Å²) in [5.41, 5.74) is 0.883. The van der Waals surface area contributed by atoms with E-state index in [1.165, 1.54) is 34.3 Å². The van der Waals surface area contributed by atoms with Gasteiger partial charge in [-0.3, -0.25) is 4.79 Å². The zero-order valence-corrected chi connectivity index (χ0v) is 16.5. The lowest BCUT2D eigenvalue weighted by Gasteiger charge is -2.17. The van der Waals surface area contributed by atoms with Gasteiger partial charge in [0.05, 0.1) is 12.7 Å². The highest BCUT2D eigenvalue weighted by molar-refractivity contribution is 7.89. The molecule has 0 saturated carbocycles. The average Bonchev–Trinajstić information content (AvgIpc) is 3.04. The minimum absolute atomic E-state index is 0.0576. The number of amides is 1. The number of benzene rings is 1. The van der Waals surface area contributed by atoms with Crippen LogP contribution in [0, 0.1) is 0 Å². The normalized spacial score (nSPS) is 11.4. The van der Waals surface area contributed by atoms with Crippen molar-refractivity contribution >= 4 is 27.6 Å². The molecule has 1 N–H and O–H groups in total. The standard InChI is InChI=1S/C18H23N3O5S/c1-5-21(6-2)27(24,25)15-11-16(20(3)12-15)17(22)19-14-9-7-8-13(10-14)18(23)26-4/h7-12H,5-6H2,1-4H3,(H,19,22). The Bertz CT molecular complexity index is 946. The molecule has 1 aromatic heterocycles. The quantitative estimate of drug-likeness (QED) is 0.727. The number of hydrogen-bond donors (Lipinski definition) is 1. The van der Waals surface area contributed by atoms with Crippen LogP contribution in [-0.2, 0) is 21.8 Å². The Kier molecular flexibility index (Phi) is 6.40. The van der Waals surface area contributed by atoms with Crippen LogP contribution in [0.3, 0.4) is 0 Å². The third kappa shape index (κ3) is 4.37. The van der Waals surface area contributed by atoms with E-state index in [0.29, 0.717) is 24.3 Å². The van der Waals surface area contributed by atoms with Crippen molar-refractivity contribution < 1.29 is 22.7 Å². The summed E-state index contributed by atoms with van der Waals surface area (Å²) in [6, 6.07) is 7.64. The van der Waals surface area contributed by atoms with E-state index in [-0.39, 0.29) is 10.6 Å². The number of hydrogen-bond acceptors (Lipinski definition) is 5. The molecule has 0 spiro atoms. The van der Waals surface area contributed by atoms with Gasteiger partial charge in [0.15, 0.2) is 0 Å². The second kappa shape index (κ2) is 8.36. The van der Waals surface area contributed by atoms with Crippen molar-refractivity contribution in [2.24, 2.45) is 7.05 Å². The van der Waals surface area contributed by atoms with Crippen molar-refractivity contribution in [1.29, 1.82) is 0 Å². The van der Waals surface area contributed by atoms with E-state index in [9.17, 15) is 18.0 Å². The Labute approximate surface area is 158 Å². The van der Waals surface area contributed by atoms with Gasteiger partial charge in [0.1, 0.15) is 10.6 Å². The van der Waals surface area contributed by atoms with Crippen LogP contribution in [0.5, 0.6) is 0 Å². The van der Waals surface area contributed by atoms with Crippen molar-refractivity contribution in [2.45, 2.75) is 18.7 Å². The summed E-state index contributed by atoms with van der Waals surface area (Å²) >= 11 is 0. The molecule has 8 nitrogen and oxygen atoms in total. The van der Waals surface area contributed by atoms with Gasteiger partial charge in [-0.2, -0.15) is 4.31 Å². The lowest BCUT2D eigenvalue weighted by Crippen LogP contribution is -2.30. The molecule has 1 amide bonds. The summed E-state index contributed by atoms with van der Waals surface area (Å²) in [5.74, 6) is -1.00. The summed E-state index contributed by atoms with van der Waals surface area (Å²) in [6.45, 7) is 4.20. The highest BCUT2D eigenvalue weighted by Crippen LogP contribution is 2.20. The predicted octanol–water partition coefficient (Wildman–Crippen LogP) is 2.09. The fourth-order valence-electron chi connectivity index (χ4n) is 2.65. The van der Waals surface area contributed by atoms with Crippen LogP contribution in [-0.4, -0.2) is 49.4 Å². The Morgan fingerprint density at radius 3 is 2.44 bits per heavy atom.